The lowest BCUT2D eigenvalue weighted by Gasteiger charge is -2.17. The van der Waals surface area contributed by atoms with E-state index in [9.17, 15) is 9.90 Å². The first-order valence-electron chi connectivity index (χ1n) is 7.62. The summed E-state index contributed by atoms with van der Waals surface area (Å²) in [5.41, 5.74) is 2.74. The van der Waals surface area contributed by atoms with Gasteiger partial charge >= 0.3 is 0 Å². The maximum absolute atomic E-state index is 12.6. The third-order valence-electron chi connectivity index (χ3n) is 4.10. The third-order valence-corrected chi connectivity index (χ3v) is 4.10. The van der Waals surface area contributed by atoms with Gasteiger partial charge in [0, 0.05) is 11.5 Å². The standard InChI is InChI=1S/C19H19NO2/c1-3-13-9-7-10-14(4-2)18(13)20-17(21)12-15-8-5-6-11-16(15)19(20)22/h5-12,22H,3-4H2,1-2H3. The molecule has 0 atom stereocenters. The number of para-hydroxylation sites is 1. The number of benzene rings is 2. The number of aromatic nitrogens is 1. The first-order chi connectivity index (χ1) is 10.7. The molecule has 1 N–H and O–H groups in total. The zero-order valence-electron chi connectivity index (χ0n) is 12.8. The van der Waals surface area contributed by atoms with Crippen LogP contribution in [-0.4, -0.2) is 9.67 Å². The molecule has 22 heavy (non-hydrogen) atoms. The highest BCUT2D eigenvalue weighted by Gasteiger charge is 2.15. The topological polar surface area (TPSA) is 42.2 Å². The smallest absolute Gasteiger partial charge is 0.258 e. The highest BCUT2D eigenvalue weighted by atomic mass is 16.3. The van der Waals surface area contributed by atoms with Gasteiger partial charge in [0.2, 0.25) is 5.88 Å². The molecule has 0 spiro atoms. The fourth-order valence-corrected chi connectivity index (χ4v) is 2.97. The van der Waals surface area contributed by atoms with Crippen molar-refractivity contribution in [1.29, 1.82) is 0 Å². The van der Waals surface area contributed by atoms with Gasteiger partial charge in [0.1, 0.15) is 0 Å². The molecule has 0 aliphatic rings. The van der Waals surface area contributed by atoms with E-state index in [1.807, 2.05) is 42.5 Å². The molecule has 3 heteroatoms. The lowest BCUT2D eigenvalue weighted by molar-refractivity contribution is 0.442. The van der Waals surface area contributed by atoms with Crippen LogP contribution in [0.1, 0.15) is 25.0 Å². The SMILES string of the molecule is CCc1cccc(CC)c1-n1c(O)c2ccccc2cc1=O. The van der Waals surface area contributed by atoms with E-state index in [1.165, 1.54) is 4.57 Å². The van der Waals surface area contributed by atoms with E-state index in [2.05, 4.69) is 13.8 Å². The molecular formula is C19H19NO2. The van der Waals surface area contributed by atoms with Crippen molar-refractivity contribution in [1.82, 2.24) is 4.57 Å². The molecular weight excluding hydrogens is 274 g/mol. The molecule has 0 aliphatic heterocycles. The summed E-state index contributed by atoms with van der Waals surface area (Å²) >= 11 is 0. The van der Waals surface area contributed by atoms with Crippen molar-refractivity contribution in [3.63, 3.8) is 0 Å². The summed E-state index contributed by atoms with van der Waals surface area (Å²) in [4.78, 5) is 12.6. The summed E-state index contributed by atoms with van der Waals surface area (Å²) < 4.78 is 1.44. The van der Waals surface area contributed by atoms with E-state index in [0.717, 1.165) is 35.0 Å². The second-order valence-electron chi connectivity index (χ2n) is 5.36. The summed E-state index contributed by atoms with van der Waals surface area (Å²) in [5, 5.41) is 12.1. The van der Waals surface area contributed by atoms with Gasteiger partial charge in [0.05, 0.1) is 5.69 Å². The molecule has 0 saturated heterocycles. The highest BCUT2D eigenvalue weighted by molar-refractivity contribution is 5.87. The molecule has 2 aromatic carbocycles. The Balaban J connectivity index is 2.43. The van der Waals surface area contributed by atoms with E-state index in [4.69, 9.17) is 0 Å². The first-order valence-corrected chi connectivity index (χ1v) is 7.62. The molecule has 3 rings (SSSR count). The van der Waals surface area contributed by atoms with Crippen LogP contribution < -0.4 is 5.56 Å². The zero-order chi connectivity index (χ0) is 15.7. The summed E-state index contributed by atoms with van der Waals surface area (Å²) in [5.74, 6) is 0.0127. The normalized spacial score (nSPS) is 11.0. The molecule has 0 fully saturated rings. The molecule has 112 valence electrons. The van der Waals surface area contributed by atoms with Crippen LogP contribution in [-0.2, 0) is 12.8 Å². The minimum atomic E-state index is -0.202. The Morgan fingerprint density at radius 3 is 2.23 bits per heavy atom. The molecule has 1 aromatic heterocycles. The fourth-order valence-electron chi connectivity index (χ4n) is 2.97. The fraction of sp³-hybridized carbons (Fsp3) is 0.211. The quantitative estimate of drug-likeness (QED) is 0.797. The van der Waals surface area contributed by atoms with Crippen LogP contribution in [0, 0.1) is 0 Å². The number of pyridine rings is 1. The van der Waals surface area contributed by atoms with Crippen molar-refractivity contribution in [3.8, 4) is 11.6 Å². The number of hydrogen-bond donors (Lipinski definition) is 1. The maximum Gasteiger partial charge on any atom is 0.258 e. The lowest BCUT2D eigenvalue weighted by Crippen LogP contribution is -2.20. The van der Waals surface area contributed by atoms with Crippen LogP contribution >= 0.6 is 0 Å². The monoisotopic (exact) mass is 293 g/mol. The van der Waals surface area contributed by atoms with Gasteiger partial charge in [-0.3, -0.25) is 4.79 Å². The van der Waals surface area contributed by atoms with Crippen LogP contribution in [0.3, 0.4) is 0 Å². The van der Waals surface area contributed by atoms with Crippen molar-refractivity contribution >= 4 is 10.8 Å². The molecule has 1 heterocycles. The average molecular weight is 293 g/mol. The van der Waals surface area contributed by atoms with Gasteiger partial charge in [-0.1, -0.05) is 50.2 Å². The zero-order valence-corrected chi connectivity index (χ0v) is 12.8. The Labute approximate surface area is 129 Å². The van der Waals surface area contributed by atoms with Crippen LogP contribution in [0.25, 0.3) is 16.5 Å². The Morgan fingerprint density at radius 1 is 0.955 bits per heavy atom. The number of aryl methyl sites for hydroxylation is 2. The number of nitrogens with zero attached hydrogens (tertiary/aromatic N) is 1. The van der Waals surface area contributed by atoms with E-state index in [1.54, 1.807) is 6.07 Å². The van der Waals surface area contributed by atoms with Crippen molar-refractivity contribution in [2.24, 2.45) is 0 Å². The number of aromatic hydroxyl groups is 1. The average Bonchev–Trinajstić information content (AvgIpc) is 2.55. The molecule has 0 bridgehead atoms. The lowest BCUT2D eigenvalue weighted by atomic mass is 10.0. The summed E-state index contributed by atoms with van der Waals surface area (Å²) in [6.07, 6.45) is 1.61. The Kier molecular flexibility index (Phi) is 3.72. The second-order valence-corrected chi connectivity index (χ2v) is 5.36. The van der Waals surface area contributed by atoms with Gasteiger partial charge in [0.15, 0.2) is 0 Å². The summed E-state index contributed by atoms with van der Waals surface area (Å²) in [7, 11) is 0. The minimum absolute atomic E-state index is 0.0127. The van der Waals surface area contributed by atoms with Crippen molar-refractivity contribution in [3.05, 3.63) is 70.0 Å². The minimum Gasteiger partial charge on any atom is -0.494 e. The maximum atomic E-state index is 12.6. The van der Waals surface area contributed by atoms with E-state index < -0.39 is 0 Å². The predicted octanol–water partition coefficient (Wildman–Crippen LogP) is 3.82. The number of rotatable bonds is 3. The van der Waals surface area contributed by atoms with E-state index in [0.29, 0.717) is 5.39 Å². The Hall–Kier alpha value is -2.55. The summed E-state index contributed by atoms with van der Waals surface area (Å²) in [6.45, 7) is 4.11. The van der Waals surface area contributed by atoms with Gasteiger partial charge in [-0.15, -0.1) is 0 Å². The molecule has 3 nitrogen and oxygen atoms in total. The molecule has 0 aliphatic carbocycles. The van der Waals surface area contributed by atoms with E-state index in [-0.39, 0.29) is 11.4 Å². The number of fused-ring (bicyclic) bond motifs is 1. The highest BCUT2D eigenvalue weighted by Crippen LogP contribution is 2.29. The molecule has 3 aromatic rings. The largest absolute Gasteiger partial charge is 0.494 e. The third kappa shape index (κ3) is 2.19. The molecule has 0 saturated carbocycles. The Morgan fingerprint density at radius 2 is 1.59 bits per heavy atom. The first kappa shape index (κ1) is 14.4. The van der Waals surface area contributed by atoms with E-state index >= 15 is 0 Å². The summed E-state index contributed by atoms with van der Waals surface area (Å²) in [6, 6.07) is 15.0. The molecule has 0 amide bonds. The van der Waals surface area contributed by atoms with Crippen LogP contribution in [0.2, 0.25) is 0 Å². The van der Waals surface area contributed by atoms with Gasteiger partial charge < -0.3 is 5.11 Å². The molecule has 0 radical (unpaired) electrons. The van der Waals surface area contributed by atoms with Crippen molar-refractivity contribution in [2.75, 3.05) is 0 Å². The molecule has 0 unspecified atom stereocenters. The van der Waals surface area contributed by atoms with Crippen molar-refractivity contribution in [2.45, 2.75) is 26.7 Å². The second kappa shape index (κ2) is 5.68. The van der Waals surface area contributed by atoms with Crippen molar-refractivity contribution < 1.29 is 5.11 Å². The number of hydrogen-bond acceptors (Lipinski definition) is 2. The predicted molar refractivity (Wildman–Crippen MR) is 90.0 cm³/mol. The van der Waals surface area contributed by atoms with Gasteiger partial charge in [-0.05, 0) is 35.4 Å². The van der Waals surface area contributed by atoms with Crippen LogP contribution in [0.4, 0.5) is 0 Å². The van der Waals surface area contributed by atoms with Gasteiger partial charge in [-0.2, -0.15) is 0 Å². The van der Waals surface area contributed by atoms with Crippen LogP contribution in [0.5, 0.6) is 5.88 Å². The Bertz CT molecular complexity index is 871. The van der Waals surface area contributed by atoms with Gasteiger partial charge in [0.25, 0.3) is 5.56 Å². The van der Waals surface area contributed by atoms with Crippen LogP contribution in [0.15, 0.2) is 53.3 Å². The van der Waals surface area contributed by atoms with Gasteiger partial charge in [-0.25, -0.2) is 4.57 Å².